The summed E-state index contributed by atoms with van der Waals surface area (Å²) in [6, 6.07) is 12.2. The number of benzene rings is 1. The van der Waals surface area contributed by atoms with Gasteiger partial charge < -0.3 is 9.30 Å². The average Bonchev–Trinajstić information content (AvgIpc) is 2.49. The molecule has 0 saturated carbocycles. The molecule has 0 aliphatic carbocycles. The molecule has 1 aromatic carbocycles. The molecular formula is C15H13N3O2. The molecule has 0 aliphatic rings. The van der Waals surface area contributed by atoms with E-state index >= 15 is 0 Å². The van der Waals surface area contributed by atoms with E-state index in [1.165, 1.54) is 0 Å². The number of aromatic nitrogens is 1. The minimum atomic E-state index is -0.0572. The number of methoxy groups -OCH3 is 1. The maximum atomic E-state index is 12.2. The van der Waals surface area contributed by atoms with Crippen LogP contribution in [0.25, 0.3) is 0 Å². The second-order valence-electron chi connectivity index (χ2n) is 4.05. The van der Waals surface area contributed by atoms with Crippen molar-refractivity contribution in [1.82, 2.24) is 4.57 Å². The van der Waals surface area contributed by atoms with Crippen LogP contribution >= 0.6 is 0 Å². The Morgan fingerprint density at radius 1 is 1.30 bits per heavy atom. The van der Waals surface area contributed by atoms with E-state index in [1.54, 1.807) is 66.5 Å². The highest BCUT2D eigenvalue weighted by Crippen LogP contribution is 2.12. The lowest BCUT2D eigenvalue weighted by Gasteiger charge is -2.06. The van der Waals surface area contributed by atoms with Crippen LogP contribution in [0, 0.1) is 11.5 Å². The van der Waals surface area contributed by atoms with Crippen molar-refractivity contribution in [3.8, 4) is 11.9 Å². The van der Waals surface area contributed by atoms with Gasteiger partial charge in [0.2, 0.25) is 6.19 Å². The number of hydrogen-bond acceptors (Lipinski definition) is 4. The molecule has 2 aromatic rings. The standard InChI is InChI=1S/C15H13N3O2/c1-20-13-7-5-12(6-8-13)14(19)10-18-9-3-2-4-15(18)17-11-16/h2-9H,10H2,1H3. The van der Waals surface area contributed by atoms with Crippen LogP contribution in [0.1, 0.15) is 10.4 Å². The lowest BCUT2D eigenvalue weighted by molar-refractivity contribution is 0.0970. The van der Waals surface area contributed by atoms with E-state index in [9.17, 15) is 4.79 Å². The molecule has 0 unspecified atom stereocenters. The van der Waals surface area contributed by atoms with Gasteiger partial charge in [0, 0.05) is 11.8 Å². The van der Waals surface area contributed by atoms with Gasteiger partial charge >= 0.3 is 0 Å². The molecule has 0 atom stereocenters. The van der Waals surface area contributed by atoms with Gasteiger partial charge in [0.05, 0.1) is 13.7 Å². The highest BCUT2D eigenvalue weighted by atomic mass is 16.5. The summed E-state index contributed by atoms with van der Waals surface area (Å²) >= 11 is 0. The molecule has 5 heteroatoms. The molecular weight excluding hydrogens is 254 g/mol. The Labute approximate surface area is 116 Å². The highest BCUT2D eigenvalue weighted by Gasteiger charge is 2.07. The fourth-order valence-electron chi connectivity index (χ4n) is 1.78. The van der Waals surface area contributed by atoms with Crippen LogP contribution in [0.3, 0.4) is 0 Å². The van der Waals surface area contributed by atoms with Gasteiger partial charge in [-0.15, -0.1) is 0 Å². The smallest absolute Gasteiger partial charge is 0.207 e. The number of nitrogens with zero attached hydrogens (tertiary/aromatic N) is 3. The van der Waals surface area contributed by atoms with Gasteiger partial charge in [-0.25, -0.2) is 0 Å². The summed E-state index contributed by atoms with van der Waals surface area (Å²) in [5, 5.41) is 8.62. The van der Waals surface area contributed by atoms with Crippen LogP contribution in [-0.2, 0) is 6.54 Å². The van der Waals surface area contributed by atoms with Gasteiger partial charge in [0.1, 0.15) is 11.2 Å². The van der Waals surface area contributed by atoms with E-state index in [-0.39, 0.29) is 12.3 Å². The third-order valence-electron chi connectivity index (χ3n) is 2.81. The van der Waals surface area contributed by atoms with E-state index < -0.39 is 0 Å². The lowest BCUT2D eigenvalue weighted by atomic mass is 10.1. The predicted molar refractivity (Wildman–Crippen MR) is 72.9 cm³/mol. The number of pyridine rings is 1. The van der Waals surface area contributed by atoms with Crippen molar-refractivity contribution in [3.05, 3.63) is 59.7 Å². The average molecular weight is 267 g/mol. The molecule has 0 fully saturated rings. The van der Waals surface area contributed by atoms with Crippen LogP contribution < -0.4 is 10.2 Å². The van der Waals surface area contributed by atoms with Crippen molar-refractivity contribution in [2.75, 3.05) is 7.11 Å². The summed E-state index contributed by atoms with van der Waals surface area (Å²) < 4.78 is 6.69. The van der Waals surface area contributed by atoms with Gasteiger partial charge in [-0.3, -0.25) is 4.79 Å². The third-order valence-corrected chi connectivity index (χ3v) is 2.81. The lowest BCUT2D eigenvalue weighted by Crippen LogP contribution is -2.23. The number of carbonyl (C=O) groups is 1. The maximum absolute atomic E-state index is 12.2. The predicted octanol–water partition coefficient (Wildman–Crippen LogP) is 1.76. The number of Topliss-reactive ketones (excluding diaryl/α,β-unsaturated/α-hetero) is 1. The number of nitriles is 1. The fraction of sp³-hybridized carbons (Fsp3) is 0.133. The second kappa shape index (κ2) is 6.34. The summed E-state index contributed by atoms with van der Waals surface area (Å²) in [6.45, 7) is 0.133. The Kier molecular flexibility index (Phi) is 4.30. The Bertz CT molecular complexity index is 709. The van der Waals surface area contributed by atoms with Crippen LogP contribution in [0.4, 0.5) is 0 Å². The molecule has 0 N–H and O–H groups in total. The zero-order valence-electron chi connectivity index (χ0n) is 11.0. The molecule has 1 aromatic heterocycles. The number of ketones is 1. The molecule has 1 heterocycles. The first kappa shape index (κ1) is 13.6. The van der Waals surface area contributed by atoms with E-state index in [0.717, 1.165) is 0 Å². The molecule has 0 saturated heterocycles. The summed E-state index contributed by atoms with van der Waals surface area (Å²) in [5.41, 5.74) is 1.04. The van der Waals surface area contributed by atoms with E-state index in [0.29, 0.717) is 16.8 Å². The van der Waals surface area contributed by atoms with Crippen LogP contribution in [0.2, 0.25) is 0 Å². The van der Waals surface area contributed by atoms with Gasteiger partial charge in [0.15, 0.2) is 5.78 Å². The van der Waals surface area contributed by atoms with Gasteiger partial charge in [-0.1, -0.05) is 6.07 Å². The topological polar surface area (TPSA) is 67.4 Å². The number of hydrogen-bond donors (Lipinski definition) is 0. The third kappa shape index (κ3) is 3.12. The summed E-state index contributed by atoms with van der Waals surface area (Å²) in [7, 11) is 1.58. The quantitative estimate of drug-likeness (QED) is 0.626. The second-order valence-corrected chi connectivity index (χ2v) is 4.05. The summed E-state index contributed by atoms with van der Waals surface area (Å²) in [4.78, 5) is 15.9. The fourth-order valence-corrected chi connectivity index (χ4v) is 1.78. The molecule has 100 valence electrons. The Balaban J connectivity index is 2.24. The first-order chi connectivity index (χ1) is 9.74. The SMILES string of the molecule is COc1ccc(C(=O)Cn2ccccc2=NC#N)cc1. The molecule has 0 amide bonds. The molecule has 0 spiro atoms. The van der Waals surface area contributed by atoms with Crippen molar-refractivity contribution in [1.29, 1.82) is 5.26 Å². The van der Waals surface area contributed by atoms with E-state index in [1.807, 2.05) is 0 Å². The maximum Gasteiger partial charge on any atom is 0.207 e. The number of ether oxygens (including phenoxy) is 1. The zero-order chi connectivity index (χ0) is 14.4. The van der Waals surface area contributed by atoms with Gasteiger partial charge in [-0.05, 0) is 36.4 Å². The molecule has 0 aliphatic heterocycles. The van der Waals surface area contributed by atoms with E-state index in [2.05, 4.69) is 4.99 Å². The van der Waals surface area contributed by atoms with Crippen molar-refractivity contribution in [2.24, 2.45) is 4.99 Å². The minimum Gasteiger partial charge on any atom is -0.497 e. The zero-order valence-corrected chi connectivity index (χ0v) is 11.0. The Hall–Kier alpha value is -2.87. The molecule has 0 bridgehead atoms. The first-order valence-electron chi connectivity index (χ1n) is 6.00. The minimum absolute atomic E-state index is 0.0572. The van der Waals surface area contributed by atoms with Crippen molar-refractivity contribution in [2.45, 2.75) is 6.54 Å². The Morgan fingerprint density at radius 2 is 2.05 bits per heavy atom. The Morgan fingerprint density at radius 3 is 2.70 bits per heavy atom. The van der Waals surface area contributed by atoms with Crippen LogP contribution in [-0.4, -0.2) is 17.5 Å². The monoisotopic (exact) mass is 267 g/mol. The van der Waals surface area contributed by atoms with Crippen molar-refractivity contribution in [3.63, 3.8) is 0 Å². The molecule has 5 nitrogen and oxygen atoms in total. The number of carbonyl (C=O) groups excluding carboxylic acids is 1. The summed E-state index contributed by atoms with van der Waals surface area (Å²) in [6.07, 6.45) is 3.45. The van der Waals surface area contributed by atoms with Gasteiger partial charge in [0.25, 0.3) is 0 Å². The summed E-state index contributed by atoms with van der Waals surface area (Å²) in [5.74, 6) is 0.646. The van der Waals surface area contributed by atoms with Crippen molar-refractivity contribution < 1.29 is 9.53 Å². The molecule has 0 radical (unpaired) electrons. The molecule has 2 rings (SSSR count). The first-order valence-corrected chi connectivity index (χ1v) is 6.00. The normalized spacial score (nSPS) is 10.9. The van der Waals surface area contributed by atoms with E-state index in [4.69, 9.17) is 10.00 Å². The van der Waals surface area contributed by atoms with Gasteiger partial charge in [-0.2, -0.15) is 10.3 Å². The van der Waals surface area contributed by atoms with Crippen molar-refractivity contribution >= 4 is 5.78 Å². The van der Waals surface area contributed by atoms with Crippen LogP contribution in [0.15, 0.2) is 53.7 Å². The van der Waals surface area contributed by atoms with Crippen LogP contribution in [0.5, 0.6) is 5.75 Å². The molecule has 20 heavy (non-hydrogen) atoms. The largest absolute Gasteiger partial charge is 0.497 e. The number of rotatable bonds is 4. The highest BCUT2D eigenvalue weighted by molar-refractivity contribution is 5.95.